The Morgan fingerprint density at radius 3 is 2.56 bits per heavy atom. The first-order chi connectivity index (χ1) is 15.2. The Kier molecular flexibility index (Phi) is 6.77. The van der Waals surface area contributed by atoms with E-state index in [0.29, 0.717) is 15.2 Å². The SMILES string of the molecule is Cc1cc(C)c2nc(S[C@H](C)C(=O)Nc3nc(-c4ccc(Cl)c(Cl)c4)cs3)cc(C)c2c1. The highest BCUT2D eigenvalue weighted by molar-refractivity contribution is 8.00. The van der Waals surface area contributed by atoms with Gasteiger partial charge in [0.1, 0.15) is 0 Å². The second-order valence-electron chi connectivity index (χ2n) is 7.67. The van der Waals surface area contributed by atoms with Crippen LogP contribution in [0, 0.1) is 20.8 Å². The molecule has 1 N–H and O–H groups in total. The van der Waals surface area contributed by atoms with Crippen LogP contribution in [0.25, 0.3) is 22.2 Å². The van der Waals surface area contributed by atoms with Crippen LogP contribution < -0.4 is 5.32 Å². The second-order valence-corrected chi connectivity index (χ2v) is 10.7. The van der Waals surface area contributed by atoms with Gasteiger partial charge in [-0.15, -0.1) is 11.3 Å². The van der Waals surface area contributed by atoms with Gasteiger partial charge in [-0.2, -0.15) is 0 Å². The number of rotatable bonds is 5. The van der Waals surface area contributed by atoms with Crippen LogP contribution in [0.3, 0.4) is 0 Å². The second kappa shape index (κ2) is 9.40. The third kappa shape index (κ3) is 4.94. The lowest BCUT2D eigenvalue weighted by molar-refractivity contribution is -0.115. The number of thioether (sulfide) groups is 1. The minimum Gasteiger partial charge on any atom is -0.301 e. The summed E-state index contributed by atoms with van der Waals surface area (Å²) in [6.07, 6.45) is 0. The van der Waals surface area contributed by atoms with E-state index < -0.39 is 0 Å². The molecule has 0 aliphatic carbocycles. The Hall–Kier alpha value is -2.12. The number of nitrogens with one attached hydrogen (secondary N) is 1. The predicted molar refractivity (Wildman–Crippen MR) is 137 cm³/mol. The predicted octanol–water partition coefficient (Wildman–Crippen LogP) is 7.71. The Bertz CT molecular complexity index is 1340. The Labute approximate surface area is 205 Å². The molecule has 164 valence electrons. The molecule has 0 saturated heterocycles. The number of hydrogen-bond donors (Lipinski definition) is 1. The van der Waals surface area contributed by atoms with E-state index in [-0.39, 0.29) is 11.2 Å². The fourth-order valence-corrected chi connectivity index (χ4v) is 5.37. The van der Waals surface area contributed by atoms with Crippen molar-refractivity contribution in [2.45, 2.75) is 38.0 Å². The molecule has 1 atom stereocenters. The van der Waals surface area contributed by atoms with Gasteiger partial charge in [0.2, 0.25) is 5.91 Å². The molecule has 4 rings (SSSR count). The van der Waals surface area contributed by atoms with E-state index in [9.17, 15) is 4.79 Å². The summed E-state index contributed by atoms with van der Waals surface area (Å²) in [5.41, 5.74) is 6.08. The lowest BCUT2D eigenvalue weighted by Gasteiger charge is -2.13. The Balaban J connectivity index is 1.48. The normalized spacial score (nSPS) is 12.2. The summed E-state index contributed by atoms with van der Waals surface area (Å²) in [6.45, 7) is 8.11. The first-order valence-electron chi connectivity index (χ1n) is 9.98. The van der Waals surface area contributed by atoms with Crippen molar-refractivity contribution in [3.63, 3.8) is 0 Å². The number of carbonyl (C=O) groups excluding carboxylic acids is 1. The number of hydrogen-bond acceptors (Lipinski definition) is 5. The first kappa shape index (κ1) is 23.1. The van der Waals surface area contributed by atoms with Crippen molar-refractivity contribution >= 4 is 68.2 Å². The van der Waals surface area contributed by atoms with Crippen LogP contribution in [0.15, 0.2) is 46.8 Å². The number of benzene rings is 2. The average Bonchev–Trinajstić information content (AvgIpc) is 3.19. The maximum Gasteiger partial charge on any atom is 0.239 e. The first-order valence-corrected chi connectivity index (χ1v) is 12.5. The third-order valence-electron chi connectivity index (χ3n) is 5.05. The lowest BCUT2D eigenvalue weighted by atomic mass is 10.0. The molecule has 4 aromatic rings. The average molecular weight is 502 g/mol. The van der Waals surface area contributed by atoms with Crippen molar-refractivity contribution in [2.75, 3.05) is 5.32 Å². The lowest BCUT2D eigenvalue weighted by Crippen LogP contribution is -2.22. The topological polar surface area (TPSA) is 54.9 Å². The van der Waals surface area contributed by atoms with Crippen molar-refractivity contribution in [2.24, 2.45) is 0 Å². The summed E-state index contributed by atoms with van der Waals surface area (Å²) in [5.74, 6) is -0.120. The van der Waals surface area contributed by atoms with Crippen molar-refractivity contribution in [3.05, 3.63) is 68.5 Å². The molecule has 32 heavy (non-hydrogen) atoms. The molecule has 0 bridgehead atoms. The molecule has 0 unspecified atom stereocenters. The van der Waals surface area contributed by atoms with Crippen LogP contribution in [0.2, 0.25) is 10.0 Å². The van der Waals surface area contributed by atoms with Crippen molar-refractivity contribution in [3.8, 4) is 11.3 Å². The minimum absolute atomic E-state index is 0.120. The number of pyridine rings is 1. The van der Waals surface area contributed by atoms with Crippen molar-refractivity contribution < 1.29 is 4.79 Å². The third-order valence-corrected chi connectivity index (χ3v) is 7.56. The van der Waals surface area contributed by atoms with E-state index in [1.54, 1.807) is 12.1 Å². The van der Waals surface area contributed by atoms with E-state index in [2.05, 4.69) is 43.2 Å². The maximum atomic E-state index is 12.8. The monoisotopic (exact) mass is 501 g/mol. The molecule has 0 radical (unpaired) electrons. The number of amides is 1. The van der Waals surface area contributed by atoms with Crippen LogP contribution in [0.1, 0.15) is 23.6 Å². The van der Waals surface area contributed by atoms with Gasteiger partial charge < -0.3 is 5.32 Å². The van der Waals surface area contributed by atoms with Crippen molar-refractivity contribution in [1.82, 2.24) is 9.97 Å². The fourth-order valence-electron chi connectivity index (χ4n) is 3.44. The standard InChI is InChI=1S/C24H21Cl2N3OS2/c1-12-7-14(3)22-17(8-12)13(2)9-21(28-22)32-15(4)23(30)29-24-27-20(11-31-24)16-5-6-18(25)19(26)10-16/h5-11,15H,1-4H3,(H,27,29,30)/t15-/m1/s1. The number of aryl methyl sites for hydroxylation is 3. The number of carbonyl (C=O) groups is 1. The van der Waals surface area contributed by atoms with Crippen LogP contribution in [0.5, 0.6) is 0 Å². The highest BCUT2D eigenvalue weighted by atomic mass is 35.5. The van der Waals surface area contributed by atoms with E-state index in [1.807, 2.05) is 24.4 Å². The molecular weight excluding hydrogens is 481 g/mol. The van der Waals surface area contributed by atoms with Crippen LogP contribution in [0.4, 0.5) is 5.13 Å². The molecule has 8 heteroatoms. The number of nitrogens with zero attached hydrogens (tertiary/aromatic N) is 2. The number of halogens is 2. The van der Waals surface area contributed by atoms with Gasteiger partial charge in [0.25, 0.3) is 0 Å². The summed E-state index contributed by atoms with van der Waals surface area (Å²) in [4.78, 5) is 22.1. The molecule has 0 aliphatic heterocycles. The summed E-state index contributed by atoms with van der Waals surface area (Å²) in [7, 11) is 0. The molecule has 0 fully saturated rings. The molecule has 4 nitrogen and oxygen atoms in total. The van der Waals surface area contributed by atoms with E-state index in [1.165, 1.54) is 28.7 Å². The van der Waals surface area contributed by atoms with Gasteiger partial charge in [0.05, 0.1) is 31.5 Å². The molecular formula is C24H21Cl2N3OS2. The molecule has 0 spiro atoms. The van der Waals surface area contributed by atoms with E-state index in [0.717, 1.165) is 38.3 Å². The van der Waals surface area contributed by atoms with Gasteiger partial charge >= 0.3 is 0 Å². The zero-order valence-electron chi connectivity index (χ0n) is 18.0. The quantitative estimate of drug-likeness (QED) is 0.284. The molecule has 2 aromatic carbocycles. The van der Waals surface area contributed by atoms with Gasteiger partial charge in [-0.1, -0.05) is 52.7 Å². The Morgan fingerprint density at radius 1 is 1.03 bits per heavy atom. The largest absolute Gasteiger partial charge is 0.301 e. The van der Waals surface area contributed by atoms with E-state index >= 15 is 0 Å². The molecule has 0 aliphatic rings. The maximum absolute atomic E-state index is 12.8. The summed E-state index contributed by atoms with van der Waals surface area (Å²) >= 11 is 14.9. The fraction of sp³-hybridized carbons (Fsp3) is 0.208. The van der Waals surface area contributed by atoms with Crippen LogP contribution in [-0.2, 0) is 4.79 Å². The number of thiazole rings is 1. The smallest absolute Gasteiger partial charge is 0.239 e. The number of fused-ring (bicyclic) bond motifs is 1. The van der Waals surface area contributed by atoms with Gasteiger partial charge in [0, 0.05) is 16.3 Å². The van der Waals surface area contributed by atoms with Crippen molar-refractivity contribution in [1.29, 1.82) is 0 Å². The molecule has 2 heterocycles. The highest BCUT2D eigenvalue weighted by Crippen LogP contribution is 2.32. The zero-order valence-corrected chi connectivity index (χ0v) is 21.1. The molecule has 2 aromatic heterocycles. The van der Waals surface area contributed by atoms with Gasteiger partial charge in [-0.05, 0) is 63.1 Å². The zero-order chi connectivity index (χ0) is 23.0. The highest BCUT2D eigenvalue weighted by Gasteiger charge is 2.18. The van der Waals surface area contributed by atoms with Gasteiger partial charge in [-0.25, -0.2) is 9.97 Å². The summed E-state index contributed by atoms with van der Waals surface area (Å²) < 4.78 is 0. The summed E-state index contributed by atoms with van der Waals surface area (Å²) in [6, 6.07) is 11.7. The number of aromatic nitrogens is 2. The van der Waals surface area contributed by atoms with Crippen LogP contribution in [-0.4, -0.2) is 21.1 Å². The van der Waals surface area contributed by atoms with E-state index in [4.69, 9.17) is 28.2 Å². The van der Waals surface area contributed by atoms with Crippen LogP contribution >= 0.6 is 46.3 Å². The molecule has 1 amide bonds. The summed E-state index contributed by atoms with van der Waals surface area (Å²) in [5, 5.41) is 7.95. The van der Waals surface area contributed by atoms with Gasteiger partial charge in [0.15, 0.2) is 5.13 Å². The number of anilines is 1. The van der Waals surface area contributed by atoms with Gasteiger partial charge in [-0.3, -0.25) is 4.79 Å². The minimum atomic E-state index is -0.331. The molecule has 0 saturated carbocycles. The Morgan fingerprint density at radius 2 is 1.81 bits per heavy atom.